The number of nitrogens with two attached hydrogens (primary N) is 1. The van der Waals surface area contributed by atoms with Gasteiger partial charge in [0.25, 0.3) is 10.1 Å². The van der Waals surface area contributed by atoms with Crippen LogP contribution >= 0.6 is 23.5 Å². The Morgan fingerprint density at radius 2 is 0.906 bits per heavy atom. The maximum absolute atomic E-state index is 15.2. The standard InChI is InChI=1S/C27H31F2N5O4S.C26H32F2N2O7S.C22H23F2N5O2S.C2H3N3S.ClH.Na/c1-27(2,3)38-25(35)33(12-4-11-28)15-18-5-7-19(8-6-18)22-10-9-20(13-23(22)29)34-16-21(37-26(34)36)17-39-24-14-30-32-31-24;1-26(2,3)37-24(31)29(13-5-12-27)15-18-6-8-19(9-7-18)22-11-10-20(14-23(22)28)30-16-21(36-25(30)32)17-35-38(4,33)34;23-8-1-9-25-11-15-2-4-16(5-3-15)19-7-6-17(10-20(19)24)29-13-18(31-22(29)30)14-32-21-12-26-28-27-21;6-2-1-3-5-4-2;;/h5-10,13-14,21H,4,11-12,15-17H2,1-3H3,(H,30,31,32);6-11,14,21H,5,12-13,15-17H2,1-4H3;2-7,10,12,18,25H,1,8-9,11,13-14H2,(H,26,27,28);1H,(H2,3,4,5,6);1H;/q;;;;;+1/p-1/t2*21-;18-;;;/m111.../s1. The van der Waals surface area contributed by atoms with Gasteiger partial charge in [0.05, 0.1) is 81.9 Å². The molecule has 624 valence electrons. The summed E-state index contributed by atoms with van der Waals surface area (Å²) in [5, 5.41) is 33.8. The number of H-pyrrole nitrogens is 3. The second kappa shape index (κ2) is 45.6. The smallest absolute Gasteiger partial charge is 1.00 e. The number of quaternary nitrogens is 1. The summed E-state index contributed by atoms with van der Waals surface area (Å²) in [5.74, 6) is -0.421. The molecule has 3 aliphatic rings. The maximum Gasteiger partial charge on any atom is 1.00 e. The van der Waals surface area contributed by atoms with Crippen molar-refractivity contribution in [3.8, 4) is 33.4 Å². The molecule has 0 aliphatic carbocycles. The molecule has 40 heteroatoms. The van der Waals surface area contributed by atoms with E-state index in [0.717, 1.165) is 46.6 Å². The number of nitrogens with zero attached hydrogens (tertiary/aromatic N) is 11. The molecule has 5 amide bonds. The molecule has 117 heavy (non-hydrogen) atoms. The number of alkyl halides is 3. The van der Waals surface area contributed by atoms with Crippen LogP contribution in [0.1, 0.15) is 77.5 Å². The molecular weight excluding hydrogens is 1640 g/mol. The van der Waals surface area contributed by atoms with E-state index < -0.39 is 88.7 Å². The van der Waals surface area contributed by atoms with Crippen LogP contribution < -0.4 is 62.0 Å². The average Bonchev–Trinajstić information content (AvgIpc) is 1.83. The van der Waals surface area contributed by atoms with E-state index in [1.54, 1.807) is 133 Å². The van der Waals surface area contributed by atoms with E-state index in [4.69, 9.17) is 23.7 Å². The van der Waals surface area contributed by atoms with Gasteiger partial charge in [0, 0.05) is 72.6 Å². The summed E-state index contributed by atoms with van der Waals surface area (Å²) in [6.45, 7) is 11.9. The van der Waals surface area contributed by atoms with Crippen molar-refractivity contribution in [2.24, 2.45) is 0 Å². The molecule has 0 unspecified atom stereocenters. The fraction of sp³-hybridized carbons (Fsp3) is 0.390. The van der Waals surface area contributed by atoms with Crippen LogP contribution in [0.4, 0.5) is 67.4 Å². The average molecular weight is 1730 g/mol. The van der Waals surface area contributed by atoms with Crippen molar-refractivity contribution in [2.75, 3.05) is 98.4 Å². The molecule has 0 radical (unpaired) electrons. The third kappa shape index (κ3) is 30.3. The number of thioether (sulfide) groups is 2. The van der Waals surface area contributed by atoms with Gasteiger partial charge in [0.2, 0.25) is 0 Å². The van der Waals surface area contributed by atoms with Gasteiger partial charge >= 0.3 is 60.0 Å². The zero-order valence-corrected chi connectivity index (χ0v) is 71.4. The minimum atomic E-state index is -3.69. The van der Waals surface area contributed by atoms with Crippen LogP contribution in [-0.4, -0.2) is 208 Å². The van der Waals surface area contributed by atoms with Crippen LogP contribution in [0, 0.1) is 17.5 Å². The van der Waals surface area contributed by atoms with Crippen molar-refractivity contribution >= 4 is 93.8 Å². The zero-order valence-electron chi connectivity index (χ0n) is 65.4. The molecule has 6 aromatic carbocycles. The van der Waals surface area contributed by atoms with E-state index in [1.807, 2.05) is 24.3 Å². The molecule has 28 nitrogen and oxygen atoms in total. The van der Waals surface area contributed by atoms with E-state index in [0.29, 0.717) is 80.3 Å². The quantitative estimate of drug-likeness (QED) is 0.00640. The van der Waals surface area contributed by atoms with Crippen LogP contribution in [0.2, 0.25) is 0 Å². The van der Waals surface area contributed by atoms with Crippen molar-refractivity contribution in [1.82, 2.24) is 56.0 Å². The van der Waals surface area contributed by atoms with Gasteiger partial charge in [0.1, 0.15) is 70.2 Å². The monoisotopic (exact) mass is 1730 g/mol. The van der Waals surface area contributed by atoms with Gasteiger partial charge in [-0.25, -0.2) is 37.1 Å². The second-order valence-corrected chi connectivity index (χ2v) is 32.3. The number of cyclic esters (lactones) is 3. The number of halogens is 7. The number of carbonyl (C=O) groups excluding carboxylic acids is 5. The molecule has 3 fully saturated rings. The molecule has 3 aromatic heterocycles. The number of nitrogens with one attached hydrogen (secondary N) is 3. The Morgan fingerprint density at radius 1 is 0.547 bits per heavy atom. The Balaban J connectivity index is 0.000000232. The van der Waals surface area contributed by atoms with Crippen LogP contribution in [0.25, 0.3) is 33.4 Å². The second-order valence-electron chi connectivity index (χ2n) is 28.2. The van der Waals surface area contributed by atoms with Crippen LogP contribution in [0.15, 0.2) is 161 Å². The summed E-state index contributed by atoms with van der Waals surface area (Å²) < 4.78 is 137. The third-order valence-corrected chi connectivity index (χ3v) is 19.6. The van der Waals surface area contributed by atoms with E-state index in [9.17, 15) is 50.0 Å². The zero-order chi connectivity index (χ0) is 82.8. The summed E-state index contributed by atoms with van der Waals surface area (Å²) in [6.07, 6.45) is 2.21. The maximum atomic E-state index is 15.2. The Kier molecular flexibility index (Phi) is 37.0. The van der Waals surface area contributed by atoms with E-state index in [1.165, 1.54) is 78.5 Å². The number of aromatic amines is 3. The Labute approximate surface area is 715 Å². The summed E-state index contributed by atoms with van der Waals surface area (Å²) in [7, 11) is -3.69. The van der Waals surface area contributed by atoms with Gasteiger partial charge in [-0.05, 0) is 142 Å². The molecule has 9 aromatic rings. The van der Waals surface area contributed by atoms with E-state index in [-0.39, 0.29) is 119 Å². The number of carbonyl (C=O) groups is 5. The van der Waals surface area contributed by atoms with Gasteiger partial charge in [0.15, 0.2) is 0 Å². The largest absolute Gasteiger partial charge is 1.00 e. The van der Waals surface area contributed by atoms with E-state index in [2.05, 4.69) is 68.4 Å². The number of aromatic nitrogens is 9. The molecule has 3 saturated heterocycles. The van der Waals surface area contributed by atoms with Gasteiger partial charge in [-0.1, -0.05) is 96.3 Å². The first-order chi connectivity index (χ1) is 54.9. The van der Waals surface area contributed by atoms with Crippen molar-refractivity contribution in [2.45, 2.75) is 125 Å². The Hall–Kier alpha value is -9.25. The summed E-state index contributed by atoms with van der Waals surface area (Å²) in [5.41, 5.74) is 5.55. The minimum Gasteiger partial charge on any atom is -1.00 e. The first-order valence-electron chi connectivity index (χ1n) is 36.3. The van der Waals surface area contributed by atoms with Crippen molar-refractivity contribution in [3.63, 3.8) is 0 Å². The number of amides is 5. The van der Waals surface area contributed by atoms with Crippen LogP contribution in [0.5, 0.6) is 0 Å². The first-order valence-corrected chi connectivity index (χ1v) is 40.5. The minimum absolute atomic E-state index is 0. The molecule has 6 heterocycles. The number of benzene rings is 6. The number of hydrogen-bond acceptors (Lipinski definition) is 22. The van der Waals surface area contributed by atoms with Crippen LogP contribution in [-0.2, 0) is 70.2 Å². The number of anilines is 3. The molecule has 0 saturated carbocycles. The molecular formula is C77H89ClF6N15NaO13S4. The van der Waals surface area contributed by atoms with Crippen molar-refractivity contribution < 1.29 is 134 Å². The summed E-state index contributed by atoms with van der Waals surface area (Å²) >= 11 is 7.38. The topological polar surface area (TPSA) is 332 Å². The number of ether oxygens (including phenoxy) is 5. The molecule has 5 N–H and O–H groups in total. The number of rotatable bonds is 30. The Morgan fingerprint density at radius 3 is 1.22 bits per heavy atom. The summed E-state index contributed by atoms with van der Waals surface area (Å²) in [6, 6.07) is 35.4. The van der Waals surface area contributed by atoms with Gasteiger partial charge in [-0.15, -0.1) is 10.2 Å². The fourth-order valence-electron chi connectivity index (χ4n) is 11.4. The first kappa shape index (κ1) is 94.9. The predicted octanol–water partition coefficient (Wildman–Crippen LogP) is 7.59. The normalized spacial score (nSPS) is 15.1. The fourth-order valence-corrected chi connectivity index (χ4v) is 13.4. The third-order valence-electron chi connectivity index (χ3n) is 16.8. The van der Waals surface area contributed by atoms with Crippen molar-refractivity contribution in [3.05, 3.63) is 180 Å². The number of hydrogen-bond donors (Lipinski definition) is 4. The molecule has 3 atom stereocenters. The van der Waals surface area contributed by atoms with Crippen molar-refractivity contribution in [1.29, 1.82) is 0 Å². The van der Waals surface area contributed by atoms with Gasteiger partial charge in [-0.2, -0.15) is 44.5 Å². The van der Waals surface area contributed by atoms with E-state index >= 15 is 8.78 Å². The summed E-state index contributed by atoms with van der Waals surface area (Å²) in [4.78, 5) is 68.9. The molecule has 12 rings (SSSR count). The van der Waals surface area contributed by atoms with Gasteiger partial charge < -0.3 is 63.8 Å². The molecule has 0 spiro atoms. The SMILES string of the molecule is CC(C)(C)OC(=O)N(CCCF)Cc1ccc(-c2ccc(N3C[C@H](COS(C)(=O)=O)OC3=O)cc2F)cc1.CC(C)(C)OC(=O)N(CCCF)Cc1ccc(-c2ccc(N3C[C@H](CSc4cn[nH]n4)OC3=O)cc2F)cc1.O=C1O[C@@H](CSc2cn[nH]n2)CN1c1ccc(-c2ccc(C[NH2+]CCCF)cc2)c(F)c1.[Cl-].[Na+].[S-]c1cn[nH]n1. The predicted molar refractivity (Wildman–Crippen MR) is 421 cm³/mol. The molecule has 3 aliphatic heterocycles. The van der Waals surface area contributed by atoms with Crippen LogP contribution in [0.3, 0.4) is 0 Å². The molecule has 0 bridgehead atoms. The Bertz CT molecular complexity index is 4750. The van der Waals surface area contributed by atoms with Gasteiger partial charge in [-0.3, -0.25) is 32.1 Å².